The van der Waals surface area contributed by atoms with Gasteiger partial charge in [-0.3, -0.25) is 14.4 Å². The fraction of sp³-hybridized carbons (Fsp3) is 0.660. The van der Waals surface area contributed by atoms with Crippen LogP contribution >= 0.6 is 11.6 Å². The summed E-state index contributed by atoms with van der Waals surface area (Å²) >= 11 is 6.16. The van der Waals surface area contributed by atoms with Gasteiger partial charge in [0.05, 0.1) is 52.7 Å². The van der Waals surface area contributed by atoms with Crippen molar-refractivity contribution in [3.05, 3.63) is 88.3 Å². The molecule has 6 aliphatic heterocycles. The molecule has 711 valence electrons. The van der Waals surface area contributed by atoms with Gasteiger partial charge in [0.25, 0.3) is 5.92 Å². The van der Waals surface area contributed by atoms with Gasteiger partial charge in [0.2, 0.25) is 35.4 Å². The van der Waals surface area contributed by atoms with E-state index in [-0.39, 0.29) is 141 Å². The number of halogens is 5. The van der Waals surface area contributed by atoms with Crippen LogP contribution in [0.5, 0.6) is 17.6 Å². The summed E-state index contributed by atoms with van der Waals surface area (Å²) in [6.45, 7) is 22.3. The van der Waals surface area contributed by atoms with Gasteiger partial charge in [-0.1, -0.05) is 151 Å². The first kappa shape index (κ1) is 101. The summed E-state index contributed by atoms with van der Waals surface area (Å²) < 4.78 is 97.0. The number of carbonyl (C=O) groups is 6. The van der Waals surface area contributed by atoms with Gasteiger partial charge < -0.3 is 73.5 Å². The minimum atomic E-state index is -3.36. The summed E-state index contributed by atoms with van der Waals surface area (Å²) in [6, 6.07) is 7.66. The van der Waals surface area contributed by atoms with Gasteiger partial charge in [-0.2, -0.15) is 8.78 Å². The maximum absolute atomic E-state index is 16.0. The number of alkyl halides is 2. The third kappa shape index (κ3) is 22.0. The van der Waals surface area contributed by atoms with E-state index in [0.29, 0.717) is 130 Å². The van der Waals surface area contributed by atoms with Gasteiger partial charge in [-0.05, 0) is 220 Å². The number of nitrogens with one attached hydrogen (secondary N) is 3. The largest absolute Gasteiger partial charge is 0.540 e. The van der Waals surface area contributed by atoms with Crippen LogP contribution in [-0.4, -0.2) is 192 Å². The van der Waals surface area contributed by atoms with Gasteiger partial charge >= 0.3 is 18.3 Å². The second-order valence-electron chi connectivity index (χ2n) is 41.6. The Labute approximate surface area is 809 Å². The molecule has 18 rings (SSSR count). The average molecular weight is 1960 g/mol. The molecule has 6 aliphatic carbocycles. The van der Waals surface area contributed by atoms with E-state index in [2.05, 4.69) is 42.2 Å². The predicted octanol–water partition coefficient (Wildman–Crippen LogP) is 15.7. The van der Waals surface area contributed by atoms with Crippen LogP contribution in [0.25, 0.3) is 33.1 Å². The molecule has 6 aromatic rings. The molecule has 6 saturated carbocycles. The zero-order valence-electron chi connectivity index (χ0n) is 76.9. The third-order valence-electron chi connectivity index (χ3n) is 29.6. The van der Waals surface area contributed by atoms with Crippen molar-refractivity contribution in [3.8, 4) is 17.6 Å². The molecule has 0 spiro atoms. The van der Waals surface area contributed by atoms with Crippen LogP contribution in [0.3, 0.4) is 0 Å². The maximum atomic E-state index is 16.0. The van der Waals surface area contributed by atoms with Crippen molar-refractivity contribution in [1.82, 2.24) is 60.6 Å². The Kier molecular flexibility index (Phi) is 31.7. The molecular formula is C97H120ClF4N12O15V3-3. The Morgan fingerprint density at radius 1 is 0.424 bits per heavy atom. The molecule has 6 bridgehead atoms. The first-order valence-corrected chi connectivity index (χ1v) is 47.0. The average Bonchev–Trinajstić information content (AvgIpc) is 1.62. The molecule has 24 atom stereocenters. The van der Waals surface area contributed by atoms with Gasteiger partial charge in [0, 0.05) is 79.2 Å². The van der Waals surface area contributed by atoms with Crippen molar-refractivity contribution >= 4 is 99.6 Å². The van der Waals surface area contributed by atoms with Crippen LogP contribution in [0.1, 0.15) is 222 Å². The SMILES string of the molecule is CC[C@@H]1[C@@H]2CN(C(=O)[C@H](C(C)(C)C)NC(=O)O[C@@H]3CC4CC4[C@H]3CCCCCc3nc4ccc(F)cc4nc3O2)[C@@H]1[C-]=O.C[C@@H]1[C@@H]2CN(C(=O)[C@H](C(C)(C)C)NC(=O)O[C@@H]3CC4CC4[C@H]3CCCCC(F)(F)c3nc4ccc(Cl)cc4nc3O2)[C@@H]1[C-]=O.C[C@@H]1[C@@H]2CN(C(=O)[C@H](C(C)(C)C)NC(=O)O[C@@H]3CC4CC4[C@H]3CCCCCc3nc4ccc(F)cc4nc3O2)[C@@H]1[C-]=O.[V].[V].[V]. The molecule has 27 nitrogen and oxygen atoms in total. The molecule has 6 unspecified atom stereocenters. The Morgan fingerprint density at radius 3 is 1.18 bits per heavy atom. The molecule has 9 fully saturated rings. The quantitative estimate of drug-likeness (QED) is 0.0838. The number of amides is 6. The van der Waals surface area contributed by atoms with Crippen molar-refractivity contribution in [2.45, 2.75) is 297 Å². The smallest absolute Gasteiger partial charge is 0.408 e. The van der Waals surface area contributed by atoms with Gasteiger partial charge in [0.15, 0.2) is 5.69 Å². The maximum Gasteiger partial charge on any atom is 0.408 e. The monoisotopic (exact) mass is 1960 g/mol. The Balaban J connectivity index is 0.000000166. The van der Waals surface area contributed by atoms with Gasteiger partial charge in [-0.15, -0.1) is 0 Å². The molecule has 35 heteroatoms. The first-order valence-electron chi connectivity index (χ1n) is 46.6. The molecule has 132 heavy (non-hydrogen) atoms. The van der Waals surface area contributed by atoms with E-state index in [1.807, 2.05) is 88.7 Å². The van der Waals surface area contributed by atoms with Crippen molar-refractivity contribution in [3.63, 3.8) is 0 Å². The molecule has 3 radical (unpaired) electrons. The molecular weight excluding hydrogens is 1840 g/mol. The van der Waals surface area contributed by atoms with E-state index in [4.69, 9.17) is 50.0 Å². The number of carbonyl (C=O) groups excluding carboxylic acids is 9. The number of hydrogen-bond donors (Lipinski definition) is 3. The summed E-state index contributed by atoms with van der Waals surface area (Å²) in [6.07, 6.45) is 17.9. The standard InChI is InChI=1S/C33H42FN4O5.C32H38ClF2N4O5.C32H40FN4O5.3V/c1-5-20-26(17-39)38-16-28(20)42-30-24(35-23-12-11-19(34)15-25(23)36-30)10-8-6-7-9-21-22-13-18(22)14-27(21)43-32(41)37-29(31(38)40)33(2,3)4;1-16-23(15-40)39-14-25(16)43-28-26(36-21-9-8-18(33)13-22(21)37-28)32(34,35)10-6-5-7-19-20-11-17(20)12-24(19)44-30(42)38-27(29(39)41)31(2,3)4;1-17-25(16-38)37-15-27(17)41-29-23(34-22-11-10-19(33)14-24(22)35-29)9-7-5-6-8-20-21-12-18(21)13-26(20)42-31(40)36-28(30(37)39)32(2,3)4;;;/h11-12,15,18,20-22,26-29H,5-10,13-14,16H2,1-4H3,(H,37,41);8-9,13,16-17,19-20,23-25,27H,5-7,10-12,14H2,1-4H3,(H,38,42);10-11,14,17-18,20-21,25-28H,5-9,12-13,15H2,1-4H3,(H,36,40);;;/q3*-1;;;/t18?,20-,21+,22?,26+,27+,28-,29+;16-,17?,19+,20?,23+,24+,25-,27+;17-,18?,20+,21?,25+,26+,27-,28+;;;/m000.../s1. The molecule has 12 aliphatic rings. The molecule has 3 N–H and O–H groups in total. The number of rotatable bonds is 4. The Bertz CT molecular complexity index is 5270. The zero-order chi connectivity index (χ0) is 91.8. The first-order chi connectivity index (χ1) is 61.4. The normalized spacial score (nSPS) is 32.9. The van der Waals surface area contributed by atoms with Crippen molar-refractivity contribution in [2.75, 3.05) is 19.6 Å². The van der Waals surface area contributed by atoms with Crippen LogP contribution in [0, 0.1) is 98.9 Å². The van der Waals surface area contributed by atoms with Crippen LogP contribution in [0.4, 0.5) is 31.9 Å². The topological polar surface area (TPSA) is 332 Å². The van der Waals surface area contributed by atoms with Gasteiger partial charge in [-0.25, -0.2) is 71.9 Å². The summed E-state index contributed by atoms with van der Waals surface area (Å²) in [4.78, 5) is 150. The van der Waals surface area contributed by atoms with Crippen molar-refractivity contribution in [2.24, 2.45) is 87.3 Å². The number of alkyl carbamates (subject to hydrolysis) is 3. The van der Waals surface area contributed by atoms with E-state index in [0.717, 1.165) is 77.0 Å². The predicted molar refractivity (Wildman–Crippen MR) is 468 cm³/mol. The van der Waals surface area contributed by atoms with Crippen LogP contribution in [0.15, 0.2) is 54.6 Å². The second-order valence-corrected chi connectivity index (χ2v) is 42.1. The molecule has 3 aromatic carbocycles. The number of fused-ring (bicyclic) bond motifs is 21. The fourth-order valence-electron chi connectivity index (χ4n) is 22.2. The number of aromatic nitrogens is 6. The number of benzene rings is 3. The van der Waals surface area contributed by atoms with Gasteiger partial charge in [0.1, 0.15) is 77.8 Å². The Hall–Kier alpha value is -7.93. The summed E-state index contributed by atoms with van der Waals surface area (Å²) in [7, 11) is 0. The third-order valence-corrected chi connectivity index (χ3v) is 29.9. The van der Waals surface area contributed by atoms with Crippen molar-refractivity contribution in [1.29, 1.82) is 0 Å². The fourth-order valence-corrected chi connectivity index (χ4v) is 22.3. The van der Waals surface area contributed by atoms with E-state index >= 15 is 8.78 Å². The summed E-state index contributed by atoms with van der Waals surface area (Å²) in [5.74, 6) is -2.49. The Morgan fingerprint density at radius 2 is 0.780 bits per heavy atom. The number of ether oxygens (including phenoxy) is 6. The van der Waals surface area contributed by atoms with Crippen LogP contribution in [-0.2, 0) is 117 Å². The number of aryl methyl sites for hydroxylation is 2. The summed E-state index contributed by atoms with van der Waals surface area (Å²) in [5.41, 5.74) is 1.25. The van der Waals surface area contributed by atoms with E-state index in [1.165, 1.54) is 63.9 Å². The zero-order valence-corrected chi connectivity index (χ0v) is 81.8. The minimum Gasteiger partial charge on any atom is -0.540 e. The molecule has 6 amide bonds. The molecule has 9 heterocycles. The second kappa shape index (κ2) is 41.2. The van der Waals surface area contributed by atoms with Crippen LogP contribution < -0.4 is 30.2 Å². The van der Waals surface area contributed by atoms with E-state index in [9.17, 15) is 51.9 Å². The molecule has 3 saturated heterocycles. The van der Waals surface area contributed by atoms with Crippen molar-refractivity contribution < 1.29 is 145 Å². The number of hydrogen-bond acceptors (Lipinski definition) is 21. The van der Waals surface area contributed by atoms with E-state index < -0.39 is 137 Å². The molecule has 3 aromatic heterocycles. The van der Waals surface area contributed by atoms with E-state index in [1.54, 1.807) is 25.1 Å². The number of nitrogens with zero attached hydrogens (tertiary/aromatic N) is 9. The summed E-state index contributed by atoms with van der Waals surface area (Å²) in [5, 5.41) is 8.88. The van der Waals surface area contributed by atoms with Crippen LogP contribution in [0.2, 0.25) is 5.02 Å². The minimum absolute atomic E-state index is 0.